The van der Waals surface area contributed by atoms with Crippen molar-refractivity contribution in [2.24, 2.45) is 5.92 Å². The molecule has 0 aliphatic heterocycles. The molecule has 1 aromatic rings. The monoisotopic (exact) mass is 264 g/mol. The molecule has 19 heavy (non-hydrogen) atoms. The van der Waals surface area contributed by atoms with E-state index in [1.165, 1.54) is 0 Å². The zero-order valence-electron chi connectivity index (χ0n) is 12.2. The number of hydrogen-bond donors (Lipinski definition) is 2. The van der Waals surface area contributed by atoms with Crippen LogP contribution in [0.4, 0.5) is 0 Å². The molecular formula is C15H24N2O2. The van der Waals surface area contributed by atoms with Gasteiger partial charge in [-0.15, -0.1) is 0 Å². The van der Waals surface area contributed by atoms with E-state index in [9.17, 15) is 4.79 Å². The van der Waals surface area contributed by atoms with Crippen LogP contribution in [0.5, 0.6) is 5.75 Å². The minimum absolute atomic E-state index is 0.0541. The second-order valence-electron chi connectivity index (χ2n) is 5.05. The van der Waals surface area contributed by atoms with Gasteiger partial charge < -0.3 is 15.4 Å². The van der Waals surface area contributed by atoms with Crippen LogP contribution in [0.1, 0.15) is 25.0 Å². The highest BCUT2D eigenvalue weighted by atomic mass is 16.5. The minimum atomic E-state index is -0.121. The summed E-state index contributed by atoms with van der Waals surface area (Å²) in [6.07, 6.45) is 0. The number of hydrogen-bond acceptors (Lipinski definition) is 3. The Balaban J connectivity index is 2.68. The van der Waals surface area contributed by atoms with Gasteiger partial charge in [0.15, 0.2) is 6.61 Å². The van der Waals surface area contributed by atoms with Crippen LogP contribution in [0.15, 0.2) is 18.2 Å². The molecule has 106 valence electrons. The van der Waals surface area contributed by atoms with Gasteiger partial charge in [-0.1, -0.05) is 32.0 Å². The highest BCUT2D eigenvalue weighted by Gasteiger charge is 2.09. The zero-order chi connectivity index (χ0) is 14.3. The number of aryl methyl sites for hydroxylation is 1. The predicted molar refractivity (Wildman–Crippen MR) is 77.3 cm³/mol. The highest BCUT2D eigenvalue weighted by molar-refractivity contribution is 5.77. The van der Waals surface area contributed by atoms with Crippen LogP contribution in [-0.2, 0) is 11.3 Å². The van der Waals surface area contributed by atoms with Crippen LogP contribution < -0.4 is 15.4 Å². The second-order valence-corrected chi connectivity index (χ2v) is 5.05. The molecule has 0 bridgehead atoms. The number of nitrogens with one attached hydrogen (secondary N) is 2. The van der Waals surface area contributed by atoms with E-state index in [0.717, 1.165) is 30.0 Å². The molecule has 0 fully saturated rings. The van der Waals surface area contributed by atoms with E-state index in [-0.39, 0.29) is 12.5 Å². The molecular weight excluding hydrogens is 240 g/mol. The molecule has 0 saturated carbocycles. The Hall–Kier alpha value is -1.55. The normalized spacial score (nSPS) is 10.6. The lowest BCUT2D eigenvalue weighted by atomic mass is 10.1. The number of carbonyl (C=O) groups is 1. The SMILES string of the molecule is CNC(=O)COc1c(C)cccc1CNCC(C)C. The Morgan fingerprint density at radius 1 is 1.37 bits per heavy atom. The molecule has 0 aliphatic rings. The highest BCUT2D eigenvalue weighted by Crippen LogP contribution is 2.23. The summed E-state index contributed by atoms with van der Waals surface area (Å²) in [6.45, 7) is 8.11. The molecule has 0 heterocycles. The van der Waals surface area contributed by atoms with Crippen molar-refractivity contribution in [2.45, 2.75) is 27.3 Å². The topological polar surface area (TPSA) is 50.4 Å². The predicted octanol–water partition coefficient (Wildman–Crippen LogP) is 1.87. The van der Waals surface area contributed by atoms with Crippen LogP contribution in [0, 0.1) is 12.8 Å². The molecule has 1 amide bonds. The molecule has 2 N–H and O–H groups in total. The first kappa shape index (κ1) is 15.5. The lowest BCUT2D eigenvalue weighted by molar-refractivity contribution is -0.122. The van der Waals surface area contributed by atoms with E-state index in [0.29, 0.717) is 5.92 Å². The summed E-state index contributed by atoms with van der Waals surface area (Å²) in [5, 5.41) is 5.94. The summed E-state index contributed by atoms with van der Waals surface area (Å²) in [7, 11) is 1.61. The van der Waals surface area contributed by atoms with Crippen molar-refractivity contribution in [3.63, 3.8) is 0 Å². The number of benzene rings is 1. The number of carbonyl (C=O) groups excluding carboxylic acids is 1. The first-order valence-electron chi connectivity index (χ1n) is 6.67. The Labute approximate surface area is 115 Å². The van der Waals surface area contributed by atoms with Crippen LogP contribution >= 0.6 is 0 Å². The van der Waals surface area contributed by atoms with Crippen molar-refractivity contribution in [2.75, 3.05) is 20.2 Å². The number of likely N-dealkylation sites (N-methyl/N-ethyl adjacent to an activating group) is 1. The van der Waals surface area contributed by atoms with E-state index in [4.69, 9.17) is 4.74 Å². The fraction of sp³-hybridized carbons (Fsp3) is 0.533. The quantitative estimate of drug-likeness (QED) is 0.790. The van der Waals surface area contributed by atoms with E-state index in [2.05, 4.69) is 24.5 Å². The van der Waals surface area contributed by atoms with Crippen LogP contribution in [-0.4, -0.2) is 26.1 Å². The van der Waals surface area contributed by atoms with E-state index < -0.39 is 0 Å². The van der Waals surface area contributed by atoms with Gasteiger partial charge in [0, 0.05) is 19.2 Å². The molecule has 0 saturated heterocycles. The average Bonchev–Trinajstić information content (AvgIpc) is 2.37. The van der Waals surface area contributed by atoms with Crippen LogP contribution in [0.3, 0.4) is 0 Å². The molecule has 0 aromatic heterocycles. The largest absolute Gasteiger partial charge is 0.483 e. The minimum Gasteiger partial charge on any atom is -0.483 e. The summed E-state index contributed by atoms with van der Waals surface area (Å²) < 4.78 is 5.63. The molecule has 0 radical (unpaired) electrons. The van der Waals surface area contributed by atoms with Gasteiger partial charge in [0.2, 0.25) is 0 Å². The van der Waals surface area contributed by atoms with Gasteiger partial charge in [0.05, 0.1) is 0 Å². The molecule has 4 heteroatoms. The first-order valence-corrected chi connectivity index (χ1v) is 6.67. The first-order chi connectivity index (χ1) is 9.04. The Morgan fingerprint density at radius 2 is 2.11 bits per heavy atom. The Bertz CT molecular complexity index is 417. The lowest BCUT2D eigenvalue weighted by Crippen LogP contribution is -2.26. The van der Waals surface area contributed by atoms with Crippen LogP contribution in [0.25, 0.3) is 0 Å². The summed E-state index contributed by atoms with van der Waals surface area (Å²) in [5.74, 6) is 1.30. The van der Waals surface area contributed by atoms with Crippen molar-refractivity contribution in [1.82, 2.24) is 10.6 Å². The maximum atomic E-state index is 11.3. The number of amides is 1. The van der Waals surface area contributed by atoms with E-state index in [1.54, 1.807) is 7.05 Å². The van der Waals surface area contributed by atoms with Gasteiger partial charge in [-0.05, 0) is 24.9 Å². The average molecular weight is 264 g/mol. The third-order valence-electron chi connectivity index (χ3n) is 2.79. The molecule has 0 unspecified atom stereocenters. The van der Waals surface area contributed by atoms with Crippen molar-refractivity contribution in [3.8, 4) is 5.75 Å². The molecule has 0 atom stereocenters. The maximum absolute atomic E-state index is 11.3. The smallest absolute Gasteiger partial charge is 0.257 e. The van der Waals surface area contributed by atoms with Crippen LogP contribution in [0.2, 0.25) is 0 Å². The third-order valence-corrected chi connectivity index (χ3v) is 2.79. The van der Waals surface area contributed by atoms with Gasteiger partial charge in [-0.25, -0.2) is 0 Å². The van der Waals surface area contributed by atoms with Gasteiger partial charge in [0.25, 0.3) is 5.91 Å². The standard InChI is InChI=1S/C15H24N2O2/c1-11(2)8-17-9-13-7-5-6-12(3)15(13)19-10-14(18)16-4/h5-7,11,17H,8-10H2,1-4H3,(H,16,18). The molecule has 1 rings (SSSR count). The number of para-hydroxylation sites is 1. The Morgan fingerprint density at radius 3 is 2.74 bits per heavy atom. The summed E-state index contributed by atoms with van der Waals surface area (Å²) in [6, 6.07) is 6.03. The fourth-order valence-corrected chi connectivity index (χ4v) is 1.76. The van der Waals surface area contributed by atoms with Crippen molar-refractivity contribution in [3.05, 3.63) is 29.3 Å². The number of rotatable bonds is 7. The van der Waals surface area contributed by atoms with Gasteiger partial charge in [-0.3, -0.25) is 4.79 Å². The van der Waals surface area contributed by atoms with E-state index >= 15 is 0 Å². The second kappa shape index (κ2) is 7.79. The van der Waals surface area contributed by atoms with Crippen molar-refractivity contribution >= 4 is 5.91 Å². The zero-order valence-corrected chi connectivity index (χ0v) is 12.2. The molecule has 1 aromatic carbocycles. The number of ether oxygens (including phenoxy) is 1. The van der Waals surface area contributed by atoms with Gasteiger partial charge in [0.1, 0.15) is 5.75 Å². The maximum Gasteiger partial charge on any atom is 0.257 e. The third kappa shape index (κ3) is 5.30. The summed E-state index contributed by atoms with van der Waals surface area (Å²) >= 11 is 0. The van der Waals surface area contributed by atoms with E-state index in [1.807, 2.05) is 25.1 Å². The Kier molecular flexibility index (Phi) is 6.36. The van der Waals surface area contributed by atoms with Crippen molar-refractivity contribution < 1.29 is 9.53 Å². The molecule has 0 spiro atoms. The lowest BCUT2D eigenvalue weighted by Gasteiger charge is -2.15. The molecule has 4 nitrogen and oxygen atoms in total. The summed E-state index contributed by atoms with van der Waals surface area (Å²) in [5.41, 5.74) is 2.14. The van der Waals surface area contributed by atoms with Gasteiger partial charge in [-0.2, -0.15) is 0 Å². The van der Waals surface area contributed by atoms with Crippen molar-refractivity contribution in [1.29, 1.82) is 0 Å². The summed E-state index contributed by atoms with van der Waals surface area (Å²) in [4.78, 5) is 11.3. The van der Waals surface area contributed by atoms with Gasteiger partial charge >= 0.3 is 0 Å². The molecule has 0 aliphatic carbocycles. The fourth-order valence-electron chi connectivity index (χ4n) is 1.76.